The molecule has 0 bridgehead atoms. The molecule has 2 saturated heterocycles. The lowest BCUT2D eigenvalue weighted by atomic mass is 9.77. The molecule has 2 N–H and O–H groups in total. The van der Waals surface area contributed by atoms with Gasteiger partial charge in [-0.25, -0.2) is 10.9 Å². The Labute approximate surface area is 179 Å². The molecule has 3 atom stereocenters. The first-order valence-electron chi connectivity index (χ1n) is 10.7. The second kappa shape index (κ2) is 7.84. The standard InChI is InChI=1S/C23H25F3N4O/c24-23(25,26)16-5-3-6-17(14-16)29-10-12-30(13-11-29)22(31)21-19-9-8-15-4-1-2-7-18(15)20(19)27-28-21/h1-7,14,19-21,27-28H,8-13H2. The lowest BCUT2D eigenvalue weighted by Crippen LogP contribution is -2.55. The number of alkyl halides is 3. The summed E-state index contributed by atoms with van der Waals surface area (Å²) in [6, 6.07) is 13.6. The first kappa shape index (κ1) is 20.3. The predicted molar refractivity (Wildman–Crippen MR) is 111 cm³/mol. The lowest BCUT2D eigenvalue weighted by Gasteiger charge is -2.38. The van der Waals surface area contributed by atoms with Crippen molar-refractivity contribution in [3.63, 3.8) is 0 Å². The Morgan fingerprint density at radius 3 is 2.52 bits per heavy atom. The van der Waals surface area contributed by atoms with Crippen molar-refractivity contribution in [3.8, 4) is 0 Å². The van der Waals surface area contributed by atoms with Crippen LogP contribution < -0.4 is 15.8 Å². The van der Waals surface area contributed by atoms with Gasteiger partial charge in [0, 0.05) is 37.8 Å². The largest absolute Gasteiger partial charge is 0.416 e. The maximum atomic E-state index is 13.3. The van der Waals surface area contributed by atoms with E-state index in [1.165, 1.54) is 23.3 Å². The minimum Gasteiger partial charge on any atom is -0.368 e. The average Bonchev–Trinajstić information content (AvgIpc) is 3.23. The summed E-state index contributed by atoms with van der Waals surface area (Å²) in [6.07, 6.45) is -2.44. The molecule has 0 radical (unpaired) electrons. The Kier molecular flexibility index (Phi) is 5.14. The van der Waals surface area contributed by atoms with E-state index in [-0.39, 0.29) is 23.9 Å². The minimum absolute atomic E-state index is 0.0723. The fraction of sp³-hybridized carbons (Fsp3) is 0.435. The van der Waals surface area contributed by atoms with Crippen LogP contribution in [0.5, 0.6) is 0 Å². The van der Waals surface area contributed by atoms with Gasteiger partial charge in [-0.1, -0.05) is 30.3 Å². The molecule has 1 aliphatic carbocycles. The van der Waals surface area contributed by atoms with E-state index < -0.39 is 11.7 Å². The van der Waals surface area contributed by atoms with Gasteiger partial charge >= 0.3 is 6.18 Å². The van der Waals surface area contributed by atoms with Crippen molar-refractivity contribution < 1.29 is 18.0 Å². The zero-order valence-corrected chi connectivity index (χ0v) is 17.0. The van der Waals surface area contributed by atoms with Gasteiger partial charge in [0.15, 0.2) is 0 Å². The van der Waals surface area contributed by atoms with Crippen LogP contribution in [-0.4, -0.2) is 43.0 Å². The molecule has 164 valence electrons. The van der Waals surface area contributed by atoms with Crippen molar-refractivity contribution >= 4 is 11.6 Å². The third-order valence-corrected chi connectivity index (χ3v) is 6.78. The van der Waals surface area contributed by atoms with E-state index in [0.717, 1.165) is 18.9 Å². The third-order valence-electron chi connectivity index (χ3n) is 6.78. The molecule has 8 heteroatoms. The second-order valence-electron chi connectivity index (χ2n) is 8.51. The van der Waals surface area contributed by atoms with Crippen molar-refractivity contribution in [2.75, 3.05) is 31.1 Å². The predicted octanol–water partition coefficient (Wildman–Crippen LogP) is 3.13. The Morgan fingerprint density at radius 1 is 0.968 bits per heavy atom. The van der Waals surface area contributed by atoms with Gasteiger partial charge in [-0.3, -0.25) is 4.79 Å². The van der Waals surface area contributed by atoms with Gasteiger partial charge in [0.05, 0.1) is 11.6 Å². The van der Waals surface area contributed by atoms with Crippen LogP contribution in [0.4, 0.5) is 18.9 Å². The van der Waals surface area contributed by atoms with Crippen molar-refractivity contribution in [1.82, 2.24) is 15.8 Å². The molecule has 1 amide bonds. The number of hydrogen-bond donors (Lipinski definition) is 2. The molecule has 5 nitrogen and oxygen atoms in total. The highest BCUT2D eigenvalue weighted by atomic mass is 19.4. The Balaban J connectivity index is 1.23. The molecule has 31 heavy (non-hydrogen) atoms. The summed E-state index contributed by atoms with van der Waals surface area (Å²) < 4.78 is 39.1. The van der Waals surface area contributed by atoms with Crippen molar-refractivity contribution in [2.45, 2.75) is 31.1 Å². The van der Waals surface area contributed by atoms with Crippen LogP contribution in [0.3, 0.4) is 0 Å². The molecular formula is C23H25F3N4O. The van der Waals surface area contributed by atoms with Gasteiger partial charge < -0.3 is 9.80 Å². The number of hydrazine groups is 1. The monoisotopic (exact) mass is 430 g/mol. The summed E-state index contributed by atoms with van der Waals surface area (Å²) >= 11 is 0. The minimum atomic E-state index is -4.36. The fourth-order valence-corrected chi connectivity index (χ4v) is 5.12. The van der Waals surface area contributed by atoms with Crippen LogP contribution in [0.25, 0.3) is 0 Å². The number of hydrogen-bond acceptors (Lipinski definition) is 4. The highest BCUT2D eigenvalue weighted by molar-refractivity contribution is 5.83. The first-order valence-corrected chi connectivity index (χ1v) is 10.7. The van der Waals surface area contributed by atoms with Crippen LogP contribution in [0, 0.1) is 5.92 Å². The Hall–Kier alpha value is -2.58. The molecule has 2 aliphatic heterocycles. The summed E-state index contributed by atoms with van der Waals surface area (Å²) in [6.45, 7) is 2.04. The molecule has 0 saturated carbocycles. The Morgan fingerprint density at radius 2 is 1.74 bits per heavy atom. The highest BCUT2D eigenvalue weighted by Gasteiger charge is 2.44. The van der Waals surface area contributed by atoms with Gasteiger partial charge in [0.25, 0.3) is 0 Å². The number of aryl methyl sites for hydroxylation is 1. The first-order chi connectivity index (χ1) is 14.9. The van der Waals surface area contributed by atoms with Crippen LogP contribution in [0.1, 0.15) is 29.2 Å². The SMILES string of the molecule is O=C(C1NNC2c3ccccc3CCC12)N1CCN(c2cccc(C(F)(F)F)c2)CC1. The van der Waals surface area contributed by atoms with Gasteiger partial charge in [-0.05, 0) is 42.2 Å². The molecule has 3 unspecified atom stereocenters. The smallest absolute Gasteiger partial charge is 0.368 e. The third kappa shape index (κ3) is 3.78. The number of benzene rings is 2. The molecule has 2 fully saturated rings. The second-order valence-corrected chi connectivity index (χ2v) is 8.51. The van der Waals surface area contributed by atoms with Crippen LogP contribution >= 0.6 is 0 Å². The van der Waals surface area contributed by atoms with Crippen molar-refractivity contribution in [1.29, 1.82) is 0 Å². The molecule has 0 aromatic heterocycles. The molecule has 3 aliphatic rings. The molecule has 2 aromatic rings. The summed E-state index contributed by atoms with van der Waals surface area (Å²) in [5.74, 6) is 0.270. The number of amides is 1. The number of halogens is 3. The van der Waals surface area contributed by atoms with E-state index >= 15 is 0 Å². The van der Waals surface area contributed by atoms with E-state index in [9.17, 15) is 18.0 Å². The molecule has 5 rings (SSSR count). The van der Waals surface area contributed by atoms with E-state index in [2.05, 4.69) is 23.0 Å². The number of piperazine rings is 1. The maximum absolute atomic E-state index is 13.3. The number of carbonyl (C=O) groups is 1. The number of rotatable bonds is 2. The van der Waals surface area contributed by atoms with E-state index in [1.54, 1.807) is 6.07 Å². The van der Waals surface area contributed by atoms with Gasteiger partial charge in [0.1, 0.15) is 6.04 Å². The number of nitrogens with one attached hydrogen (secondary N) is 2. The fourth-order valence-electron chi connectivity index (χ4n) is 5.12. The summed E-state index contributed by atoms with van der Waals surface area (Å²) in [7, 11) is 0. The highest BCUT2D eigenvalue weighted by Crippen LogP contribution is 2.39. The van der Waals surface area contributed by atoms with E-state index in [4.69, 9.17) is 0 Å². The van der Waals surface area contributed by atoms with Crippen LogP contribution in [0.2, 0.25) is 0 Å². The topological polar surface area (TPSA) is 47.6 Å². The van der Waals surface area contributed by atoms with Gasteiger partial charge in [0.2, 0.25) is 5.91 Å². The molecular weight excluding hydrogens is 405 g/mol. The van der Waals surface area contributed by atoms with Gasteiger partial charge in [-0.2, -0.15) is 13.2 Å². The normalized spacial score (nSPS) is 25.8. The van der Waals surface area contributed by atoms with E-state index in [0.29, 0.717) is 31.9 Å². The Bertz CT molecular complexity index is 971. The molecule has 0 spiro atoms. The summed E-state index contributed by atoms with van der Waals surface area (Å²) in [4.78, 5) is 17.0. The zero-order chi connectivity index (χ0) is 21.6. The number of anilines is 1. The average molecular weight is 430 g/mol. The van der Waals surface area contributed by atoms with Crippen LogP contribution in [-0.2, 0) is 17.4 Å². The lowest BCUT2D eigenvalue weighted by molar-refractivity contribution is -0.137. The summed E-state index contributed by atoms with van der Waals surface area (Å²) in [5, 5.41) is 0. The number of fused-ring (bicyclic) bond motifs is 3. The molecule has 2 heterocycles. The summed E-state index contributed by atoms with van der Waals surface area (Å²) in [5.41, 5.74) is 9.05. The molecule has 2 aromatic carbocycles. The van der Waals surface area contributed by atoms with Crippen LogP contribution in [0.15, 0.2) is 48.5 Å². The number of nitrogens with zero attached hydrogens (tertiary/aromatic N) is 2. The van der Waals surface area contributed by atoms with E-state index in [1.807, 2.05) is 21.9 Å². The zero-order valence-electron chi connectivity index (χ0n) is 17.0. The quantitative estimate of drug-likeness (QED) is 0.769. The van der Waals surface area contributed by atoms with Gasteiger partial charge in [-0.15, -0.1) is 0 Å². The maximum Gasteiger partial charge on any atom is 0.416 e. The van der Waals surface area contributed by atoms with Crippen molar-refractivity contribution in [2.24, 2.45) is 5.92 Å². The number of carbonyl (C=O) groups excluding carboxylic acids is 1. The van der Waals surface area contributed by atoms with Crippen molar-refractivity contribution in [3.05, 3.63) is 65.2 Å².